The third-order valence-corrected chi connectivity index (χ3v) is 5.15. The van der Waals surface area contributed by atoms with Gasteiger partial charge in [0.2, 0.25) is 0 Å². The van der Waals surface area contributed by atoms with E-state index in [-0.39, 0.29) is 5.57 Å². The van der Waals surface area contributed by atoms with Crippen LogP contribution in [0.1, 0.15) is 27.8 Å². The van der Waals surface area contributed by atoms with Gasteiger partial charge >= 0.3 is 0 Å². The summed E-state index contributed by atoms with van der Waals surface area (Å²) in [4.78, 5) is 12.7. The van der Waals surface area contributed by atoms with Crippen molar-refractivity contribution in [1.29, 1.82) is 5.26 Å². The molecule has 4 nitrogen and oxygen atoms in total. The number of hydrogen-bond donors (Lipinski definition) is 1. The summed E-state index contributed by atoms with van der Waals surface area (Å²) in [7, 11) is 0. The third kappa shape index (κ3) is 5.97. The highest BCUT2D eigenvalue weighted by Crippen LogP contribution is 2.27. The molecular formula is C26H23ClN2O2. The van der Waals surface area contributed by atoms with Gasteiger partial charge in [0, 0.05) is 16.3 Å². The van der Waals surface area contributed by atoms with E-state index in [0.29, 0.717) is 28.6 Å². The molecule has 1 amide bonds. The van der Waals surface area contributed by atoms with E-state index in [1.165, 1.54) is 11.6 Å². The van der Waals surface area contributed by atoms with Crippen molar-refractivity contribution in [3.63, 3.8) is 0 Å². The zero-order valence-corrected chi connectivity index (χ0v) is 18.5. The first kappa shape index (κ1) is 22.1. The van der Waals surface area contributed by atoms with E-state index < -0.39 is 5.91 Å². The van der Waals surface area contributed by atoms with Gasteiger partial charge in [-0.1, -0.05) is 47.5 Å². The van der Waals surface area contributed by atoms with Crippen LogP contribution in [0.3, 0.4) is 0 Å². The monoisotopic (exact) mass is 430 g/mol. The number of aryl methyl sites for hydroxylation is 3. The lowest BCUT2D eigenvalue weighted by atomic mass is 10.1. The molecule has 0 atom stereocenters. The number of hydrogen-bond acceptors (Lipinski definition) is 3. The molecule has 5 heteroatoms. The predicted octanol–water partition coefficient (Wildman–Crippen LogP) is 6.39. The van der Waals surface area contributed by atoms with Crippen molar-refractivity contribution >= 4 is 29.3 Å². The Hall–Kier alpha value is -3.55. The van der Waals surface area contributed by atoms with Gasteiger partial charge in [0.25, 0.3) is 5.91 Å². The van der Waals surface area contributed by atoms with Gasteiger partial charge in [0.1, 0.15) is 24.0 Å². The van der Waals surface area contributed by atoms with Crippen LogP contribution in [0, 0.1) is 32.1 Å². The van der Waals surface area contributed by atoms with Gasteiger partial charge in [-0.25, -0.2) is 0 Å². The number of nitriles is 1. The molecule has 156 valence electrons. The summed E-state index contributed by atoms with van der Waals surface area (Å²) in [5, 5.41) is 12.8. The normalized spacial score (nSPS) is 11.0. The van der Waals surface area contributed by atoms with Crippen LogP contribution in [0.15, 0.2) is 66.2 Å². The number of halogens is 1. The maximum absolute atomic E-state index is 12.7. The molecule has 0 aliphatic rings. The molecule has 0 radical (unpaired) electrons. The molecule has 1 N–H and O–H groups in total. The lowest BCUT2D eigenvalue weighted by molar-refractivity contribution is -0.112. The van der Waals surface area contributed by atoms with E-state index in [1.54, 1.807) is 18.2 Å². The van der Waals surface area contributed by atoms with Crippen LogP contribution in [0.4, 0.5) is 5.69 Å². The average molecular weight is 431 g/mol. The standard InChI is InChI=1S/C26H23ClN2O2/c1-17-4-7-20(8-5-17)16-31-25-11-9-23(27)14-21(25)13-22(15-28)26(30)29-24-10-6-18(2)19(3)12-24/h4-14H,16H2,1-3H3,(H,29,30)/b22-13+. The van der Waals surface area contributed by atoms with Gasteiger partial charge in [-0.05, 0) is 73.9 Å². The van der Waals surface area contributed by atoms with Crippen molar-refractivity contribution < 1.29 is 9.53 Å². The highest BCUT2D eigenvalue weighted by molar-refractivity contribution is 6.30. The first-order chi connectivity index (χ1) is 14.9. The highest BCUT2D eigenvalue weighted by atomic mass is 35.5. The van der Waals surface area contributed by atoms with E-state index in [0.717, 1.165) is 16.7 Å². The molecule has 0 spiro atoms. The molecule has 3 rings (SSSR count). The van der Waals surface area contributed by atoms with Crippen LogP contribution < -0.4 is 10.1 Å². The smallest absolute Gasteiger partial charge is 0.266 e. The molecule has 0 unspecified atom stereocenters. The number of amides is 1. The number of anilines is 1. The molecule has 0 fully saturated rings. The molecule has 0 heterocycles. The molecule has 0 aliphatic carbocycles. The van der Waals surface area contributed by atoms with Gasteiger partial charge in [0.15, 0.2) is 0 Å². The largest absolute Gasteiger partial charge is 0.488 e. The molecule has 0 saturated carbocycles. The maximum Gasteiger partial charge on any atom is 0.266 e. The minimum Gasteiger partial charge on any atom is -0.488 e. The van der Waals surface area contributed by atoms with Crippen molar-refractivity contribution in [3.8, 4) is 11.8 Å². The van der Waals surface area contributed by atoms with Gasteiger partial charge in [-0.2, -0.15) is 5.26 Å². The van der Waals surface area contributed by atoms with Crippen molar-refractivity contribution in [2.24, 2.45) is 0 Å². The first-order valence-corrected chi connectivity index (χ1v) is 10.2. The van der Waals surface area contributed by atoms with Gasteiger partial charge in [-0.3, -0.25) is 4.79 Å². The number of ether oxygens (including phenoxy) is 1. The Morgan fingerprint density at radius 1 is 1.03 bits per heavy atom. The number of carbonyl (C=O) groups excluding carboxylic acids is 1. The van der Waals surface area contributed by atoms with Crippen molar-refractivity contribution in [3.05, 3.63) is 99.1 Å². The summed E-state index contributed by atoms with van der Waals surface area (Å²) in [6.45, 7) is 6.35. The topological polar surface area (TPSA) is 62.1 Å². The van der Waals surface area contributed by atoms with E-state index in [2.05, 4.69) is 5.32 Å². The van der Waals surface area contributed by atoms with Crippen LogP contribution in [-0.2, 0) is 11.4 Å². The maximum atomic E-state index is 12.7. The molecule has 0 saturated heterocycles. The van der Waals surface area contributed by atoms with E-state index >= 15 is 0 Å². The van der Waals surface area contributed by atoms with Crippen molar-refractivity contribution in [1.82, 2.24) is 0 Å². The summed E-state index contributed by atoms with van der Waals surface area (Å²) in [5.41, 5.74) is 5.53. The van der Waals surface area contributed by atoms with Crippen LogP contribution >= 0.6 is 11.6 Å². The van der Waals surface area contributed by atoms with E-state index in [9.17, 15) is 10.1 Å². The Kier molecular flexibility index (Phi) is 7.12. The predicted molar refractivity (Wildman–Crippen MR) is 125 cm³/mol. The Morgan fingerprint density at radius 3 is 2.45 bits per heavy atom. The lowest BCUT2D eigenvalue weighted by Crippen LogP contribution is -2.13. The minimum atomic E-state index is -0.491. The van der Waals surface area contributed by atoms with Crippen molar-refractivity contribution in [2.45, 2.75) is 27.4 Å². The second kappa shape index (κ2) is 9.97. The Labute approximate surface area is 187 Å². The summed E-state index contributed by atoms with van der Waals surface area (Å²) in [5.74, 6) is 0.0481. The van der Waals surface area contributed by atoms with Gasteiger partial charge in [-0.15, -0.1) is 0 Å². The molecule has 3 aromatic carbocycles. The van der Waals surface area contributed by atoms with Crippen LogP contribution in [0.5, 0.6) is 5.75 Å². The van der Waals surface area contributed by atoms with Crippen LogP contribution in [0.25, 0.3) is 6.08 Å². The van der Waals surface area contributed by atoms with Gasteiger partial charge < -0.3 is 10.1 Å². The summed E-state index contributed by atoms with van der Waals surface area (Å²) >= 11 is 6.15. The fourth-order valence-corrected chi connectivity index (χ4v) is 3.11. The Morgan fingerprint density at radius 2 is 1.77 bits per heavy atom. The summed E-state index contributed by atoms with van der Waals surface area (Å²) < 4.78 is 5.95. The van der Waals surface area contributed by atoms with Crippen LogP contribution in [0.2, 0.25) is 5.02 Å². The number of nitrogens with zero attached hydrogens (tertiary/aromatic N) is 1. The number of carbonyl (C=O) groups is 1. The minimum absolute atomic E-state index is 0.0410. The number of benzene rings is 3. The van der Waals surface area contributed by atoms with E-state index in [1.807, 2.05) is 69.3 Å². The van der Waals surface area contributed by atoms with Crippen LogP contribution in [-0.4, -0.2) is 5.91 Å². The summed E-state index contributed by atoms with van der Waals surface area (Å²) in [6.07, 6.45) is 1.49. The Bertz CT molecular complexity index is 1180. The number of nitrogens with one attached hydrogen (secondary N) is 1. The number of rotatable bonds is 6. The average Bonchev–Trinajstić information content (AvgIpc) is 2.75. The molecule has 0 aliphatic heterocycles. The second-order valence-corrected chi connectivity index (χ2v) is 7.82. The Balaban J connectivity index is 1.82. The third-order valence-electron chi connectivity index (χ3n) is 4.92. The zero-order valence-electron chi connectivity index (χ0n) is 17.7. The quantitative estimate of drug-likeness (QED) is 0.364. The second-order valence-electron chi connectivity index (χ2n) is 7.38. The van der Waals surface area contributed by atoms with Gasteiger partial charge in [0.05, 0.1) is 0 Å². The van der Waals surface area contributed by atoms with E-state index in [4.69, 9.17) is 16.3 Å². The lowest BCUT2D eigenvalue weighted by Gasteiger charge is -2.11. The molecule has 3 aromatic rings. The summed E-state index contributed by atoms with van der Waals surface area (Å²) in [6, 6.07) is 20.7. The molecule has 0 aromatic heterocycles. The SMILES string of the molecule is Cc1ccc(COc2ccc(Cl)cc2/C=C(\C#N)C(=O)Nc2ccc(C)c(C)c2)cc1. The molecule has 31 heavy (non-hydrogen) atoms. The van der Waals surface area contributed by atoms with Crippen molar-refractivity contribution in [2.75, 3.05) is 5.32 Å². The first-order valence-electron chi connectivity index (χ1n) is 9.84. The molecule has 0 bridgehead atoms. The zero-order chi connectivity index (χ0) is 22.4. The molecular weight excluding hydrogens is 408 g/mol. The fraction of sp³-hybridized carbons (Fsp3) is 0.154. The fourth-order valence-electron chi connectivity index (χ4n) is 2.93. The highest BCUT2D eigenvalue weighted by Gasteiger charge is 2.12.